The van der Waals surface area contributed by atoms with Gasteiger partial charge in [0.2, 0.25) is 0 Å². The normalized spacial score (nSPS) is 10.6. The van der Waals surface area contributed by atoms with Gasteiger partial charge >= 0.3 is 0 Å². The molecule has 0 aliphatic rings. The minimum absolute atomic E-state index is 0.139. The predicted octanol–water partition coefficient (Wildman–Crippen LogP) is 4.90. The van der Waals surface area contributed by atoms with E-state index in [4.69, 9.17) is 19.3 Å². The number of aromatic nitrogens is 2. The first kappa shape index (κ1) is 23.9. The van der Waals surface area contributed by atoms with Crippen LogP contribution in [0.15, 0.2) is 79.0 Å². The Hall–Kier alpha value is -4.26. The van der Waals surface area contributed by atoms with Crippen molar-refractivity contribution in [3.63, 3.8) is 0 Å². The number of amides is 1. The lowest BCUT2D eigenvalue weighted by molar-refractivity contribution is 0.0784. The van der Waals surface area contributed by atoms with Gasteiger partial charge in [0.15, 0.2) is 11.5 Å². The highest BCUT2D eigenvalue weighted by Crippen LogP contribution is 2.32. The third kappa shape index (κ3) is 5.30. The van der Waals surface area contributed by atoms with Crippen molar-refractivity contribution in [1.82, 2.24) is 14.7 Å². The van der Waals surface area contributed by atoms with Crippen molar-refractivity contribution in [2.24, 2.45) is 0 Å². The zero-order valence-electron chi connectivity index (χ0n) is 20.4. The van der Waals surface area contributed by atoms with Gasteiger partial charge in [-0.05, 0) is 35.9 Å². The Kier molecular flexibility index (Phi) is 7.35. The first-order valence-corrected chi connectivity index (χ1v) is 11.2. The highest BCUT2D eigenvalue weighted by molar-refractivity contribution is 5.99. The highest BCUT2D eigenvalue weighted by Gasteiger charge is 2.23. The molecule has 4 aromatic rings. The second-order valence-electron chi connectivity index (χ2n) is 8.12. The Morgan fingerprint density at radius 2 is 1.63 bits per heavy atom. The van der Waals surface area contributed by atoms with Crippen molar-refractivity contribution in [2.75, 3.05) is 28.4 Å². The molecule has 3 aromatic carbocycles. The molecule has 0 spiro atoms. The molecule has 7 nitrogen and oxygen atoms in total. The number of carbonyl (C=O) groups excluding carboxylic acids is 1. The first-order valence-electron chi connectivity index (χ1n) is 11.2. The summed E-state index contributed by atoms with van der Waals surface area (Å²) in [5.41, 5.74) is 3.94. The number of carbonyl (C=O) groups is 1. The molecule has 0 N–H and O–H groups in total. The van der Waals surface area contributed by atoms with Gasteiger partial charge in [-0.25, -0.2) is 0 Å². The van der Waals surface area contributed by atoms with E-state index in [9.17, 15) is 4.79 Å². The molecule has 0 saturated heterocycles. The van der Waals surface area contributed by atoms with Gasteiger partial charge in [-0.15, -0.1) is 0 Å². The number of nitrogens with zero attached hydrogens (tertiary/aromatic N) is 3. The van der Waals surface area contributed by atoms with Crippen molar-refractivity contribution < 1.29 is 19.0 Å². The number of hydrogen-bond acceptors (Lipinski definition) is 5. The summed E-state index contributed by atoms with van der Waals surface area (Å²) in [5, 5.41) is 4.79. The lowest BCUT2D eigenvalue weighted by Gasteiger charge is -2.20. The molecule has 180 valence electrons. The van der Waals surface area contributed by atoms with Crippen LogP contribution in [-0.2, 0) is 13.1 Å². The number of benzene rings is 3. The third-order valence-corrected chi connectivity index (χ3v) is 5.78. The Morgan fingerprint density at radius 3 is 2.29 bits per heavy atom. The highest BCUT2D eigenvalue weighted by atomic mass is 16.5. The fourth-order valence-electron chi connectivity index (χ4n) is 4.00. The van der Waals surface area contributed by atoms with E-state index in [-0.39, 0.29) is 5.91 Å². The molecule has 35 heavy (non-hydrogen) atoms. The smallest absolute Gasteiger partial charge is 0.257 e. The maximum atomic E-state index is 13.7. The SMILES string of the molecule is COc1ccc(-c2nn(Cc3ccccc3)cc2C(=O)N(C)Cc2cccc(OC)c2OC)cc1. The average Bonchev–Trinajstić information content (AvgIpc) is 3.32. The molecule has 0 saturated carbocycles. The van der Waals surface area contributed by atoms with Gasteiger partial charge < -0.3 is 19.1 Å². The Morgan fingerprint density at radius 1 is 0.886 bits per heavy atom. The van der Waals surface area contributed by atoms with Crippen LogP contribution in [0.1, 0.15) is 21.5 Å². The van der Waals surface area contributed by atoms with Crippen LogP contribution in [0.5, 0.6) is 17.2 Å². The van der Waals surface area contributed by atoms with Crippen LogP contribution in [0.2, 0.25) is 0 Å². The van der Waals surface area contributed by atoms with E-state index in [0.717, 1.165) is 22.4 Å². The number of hydrogen-bond donors (Lipinski definition) is 0. The molecule has 0 atom stereocenters. The van der Waals surface area contributed by atoms with Crippen molar-refractivity contribution in [3.8, 4) is 28.5 Å². The molecular weight excluding hydrogens is 442 g/mol. The summed E-state index contributed by atoms with van der Waals surface area (Å²) in [5.74, 6) is 1.85. The number of rotatable bonds is 9. The van der Waals surface area contributed by atoms with Crippen LogP contribution in [0.25, 0.3) is 11.3 Å². The van der Waals surface area contributed by atoms with E-state index in [1.54, 1.807) is 33.3 Å². The number of para-hydroxylation sites is 1. The maximum Gasteiger partial charge on any atom is 0.257 e. The van der Waals surface area contributed by atoms with E-state index in [1.807, 2.05) is 83.7 Å². The van der Waals surface area contributed by atoms with Gasteiger partial charge in [-0.2, -0.15) is 5.10 Å². The molecule has 4 rings (SSSR count). The van der Waals surface area contributed by atoms with Crippen LogP contribution in [-0.4, -0.2) is 49.0 Å². The molecule has 0 fully saturated rings. The van der Waals surface area contributed by atoms with Gasteiger partial charge in [-0.3, -0.25) is 9.48 Å². The van der Waals surface area contributed by atoms with Crippen LogP contribution in [0.3, 0.4) is 0 Å². The van der Waals surface area contributed by atoms with Crippen molar-refractivity contribution in [2.45, 2.75) is 13.1 Å². The standard InChI is InChI=1S/C28H29N3O4/c1-30(18-22-11-8-12-25(34-3)27(22)35-4)28(32)24-19-31(17-20-9-6-5-7-10-20)29-26(24)21-13-15-23(33-2)16-14-21/h5-16,19H,17-18H2,1-4H3. The summed E-state index contributed by atoms with van der Waals surface area (Å²) >= 11 is 0. The molecule has 0 bridgehead atoms. The van der Waals surface area contributed by atoms with E-state index in [0.29, 0.717) is 35.8 Å². The van der Waals surface area contributed by atoms with E-state index in [2.05, 4.69) is 0 Å². The van der Waals surface area contributed by atoms with Crippen LogP contribution >= 0.6 is 0 Å². The summed E-state index contributed by atoms with van der Waals surface area (Å²) in [6.07, 6.45) is 1.81. The zero-order valence-corrected chi connectivity index (χ0v) is 20.4. The zero-order chi connectivity index (χ0) is 24.8. The van der Waals surface area contributed by atoms with Crippen LogP contribution in [0.4, 0.5) is 0 Å². The number of ether oxygens (including phenoxy) is 3. The Labute approximate surface area is 205 Å². The van der Waals surface area contributed by atoms with Gasteiger partial charge in [0.05, 0.1) is 33.4 Å². The molecule has 7 heteroatoms. The monoisotopic (exact) mass is 471 g/mol. The van der Waals surface area contributed by atoms with Crippen molar-refractivity contribution >= 4 is 5.91 Å². The summed E-state index contributed by atoms with van der Waals surface area (Å²) < 4.78 is 18.1. The van der Waals surface area contributed by atoms with Crippen LogP contribution < -0.4 is 14.2 Å². The van der Waals surface area contributed by atoms with Gasteiger partial charge in [0.1, 0.15) is 11.4 Å². The summed E-state index contributed by atoms with van der Waals surface area (Å²) in [7, 11) is 6.59. The molecule has 0 unspecified atom stereocenters. The fraction of sp³-hybridized carbons (Fsp3) is 0.214. The van der Waals surface area contributed by atoms with E-state index >= 15 is 0 Å². The maximum absolute atomic E-state index is 13.7. The largest absolute Gasteiger partial charge is 0.497 e. The second kappa shape index (κ2) is 10.8. The third-order valence-electron chi connectivity index (χ3n) is 5.78. The average molecular weight is 472 g/mol. The summed E-state index contributed by atoms with van der Waals surface area (Å²) in [6.45, 7) is 0.913. The van der Waals surface area contributed by atoms with E-state index in [1.165, 1.54) is 0 Å². The molecule has 1 aromatic heterocycles. The van der Waals surface area contributed by atoms with Gasteiger partial charge in [0.25, 0.3) is 5.91 Å². The minimum atomic E-state index is -0.139. The van der Waals surface area contributed by atoms with Crippen LogP contribution in [0, 0.1) is 0 Å². The lowest BCUT2D eigenvalue weighted by atomic mass is 10.1. The minimum Gasteiger partial charge on any atom is -0.497 e. The molecule has 1 amide bonds. The molecule has 0 aliphatic heterocycles. The quantitative estimate of drug-likeness (QED) is 0.348. The molecular formula is C28H29N3O4. The second-order valence-corrected chi connectivity index (χ2v) is 8.12. The molecule has 0 radical (unpaired) electrons. The number of methoxy groups -OCH3 is 3. The van der Waals surface area contributed by atoms with E-state index < -0.39 is 0 Å². The van der Waals surface area contributed by atoms with Gasteiger partial charge in [0, 0.05) is 30.9 Å². The first-order chi connectivity index (χ1) is 17.0. The molecule has 0 aliphatic carbocycles. The topological polar surface area (TPSA) is 65.8 Å². The summed E-state index contributed by atoms with van der Waals surface area (Å²) in [4.78, 5) is 15.3. The Balaban J connectivity index is 1.67. The predicted molar refractivity (Wildman–Crippen MR) is 135 cm³/mol. The van der Waals surface area contributed by atoms with Gasteiger partial charge in [-0.1, -0.05) is 42.5 Å². The van der Waals surface area contributed by atoms with Crippen molar-refractivity contribution in [1.29, 1.82) is 0 Å². The fourth-order valence-corrected chi connectivity index (χ4v) is 4.00. The van der Waals surface area contributed by atoms with Crippen molar-refractivity contribution in [3.05, 3.63) is 95.7 Å². The Bertz CT molecular complexity index is 1280. The summed E-state index contributed by atoms with van der Waals surface area (Å²) in [6, 6.07) is 23.2. The molecule has 1 heterocycles. The lowest BCUT2D eigenvalue weighted by Crippen LogP contribution is -2.26.